The number of anilines is 3. The molecule has 3 aromatic rings. The molecule has 6 N–H and O–H groups in total. The van der Waals surface area contributed by atoms with Crippen molar-refractivity contribution in [2.45, 2.75) is 57.8 Å². The molecule has 9 heteroatoms. The molecule has 2 aromatic heterocycles. The molecule has 9 nitrogen and oxygen atoms in total. The third-order valence-electron chi connectivity index (χ3n) is 5.71. The largest absolute Gasteiger partial charge is 0.497 e. The van der Waals surface area contributed by atoms with E-state index in [1.54, 1.807) is 13.4 Å². The fraction of sp³-hybridized carbons (Fsp3) is 0.476. The Morgan fingerprint density at radius 2 is 2.00 bits per heavy atom. The lowest BCUT2D eigenvalue weighted by molar-refractivity contribution is 0.410. The van der Waals surface area contributed by atoms with Gasteiger partial charge in [-0.2, -0.15) is 9.97 Å². The van der Waals surface area contributed by atoms with E-state index in [0.29, 0.717) is 36.1 Å². The number of methoxy groups -OCH3 is 1. The minimum absolute atomic E-state index is 0.304. The number of hydrogen-bond acceptors (Lipinski definition) is 8. The Labute approximate surface area is 176 Å². The molecular formula is C21H30N8O. The Morgan fingerprint density at radius 3 is 2.73 bits per heavy atom. The lowest BCUT2D eigenvalue weighted by Gasteiger charge is -2.26. The average molecular weight is 411 g/mol. The van der Waals surface area contributed by atoms with E-state index in [1.807, 2.05) is 22.8 Å². The summed E-state index contributed by atoms with van der Waals surface area (Å²) in [7, 11) is 1.64. The molecule has 0 amide bonds. The Balaban J connectivity index is 1.60. The Bertz CT molecular complexity index is 1010. The van der Waals surface area contributed by atoms with Gasteiger partial charge in [0.15, 0.2) is 17.0 Å². The van der Waals surface area contributed by atoms with Crippen molar-refractivity contribution < 1.29 is 4.74 Å². The molecule has 30 heavy (non-hydrogen) atoms. The maximum absolute atomic E-state index is 6.14. The fourth-order valence-electron chi connectivity index (χ4n) is 3.85. The van der Waals surface area contributed by atoms with Crippen molar-refractivity contribution in [1.29, 1.82) is 0 Å². The van der Waals surface area contributed by atoms with Gasteiger partial charge in [-0.25, -0.2) is 4.98 Å². The van der Waals surface area contributed by atoms with Crippen LogP contribution in [0.15, 0.2) is 24.5 Å². The second-order valence-electron chi connectivity index (χ2n) is 7.77. The van der Waals surface area contributed by atoms with E-state index in [-0.39, 0.29) is 0 Å². The van der Waals surface area contributed by atoms with E-state index in [9.17, 15) is 0 Å². The number of hydrogen-bond donors (Lipinski definition) is 4. The van der Waals surface area contributed by atoms with Crippen LogP contribution in [0, 0.1) is 0 Å². The van der Waals surface area contributed by atoms with Crippen molar-refractivity contribution in [3.8, 4) is 5.75 Å². The van der Waals surface area contributed by atoms with Gasteiger partial charge in [0.2, 0.25) is 5.95 Å². The highest BCUT2D eigenvalue weighted by Crippen LogP contribution is 2.26. The SMILES string of the molecule is CCn1cnc2c(NCc3cc(OC)ccc3N)nc(NC3CCC(N)CC3)nc21. The van der Waals surface area contributed by atoms with Gasteiger partial charge < -0.3 is 31.4 Å². The number of imidazole rings is 1. The summed E-state index contributed by atoms with van der Waals surface area (Å²) in [5.41, 5.74) is 15.4. The van der Waals surface area contributed by atoms with Crippen molar-refractivity contribution in [3.63, 3.8) is 0 Å². The molecule has 4 rings (SSSR count). The molecule has 1 saturated carbocycles. The van der Waals surface area contributed by atoms with Crippen molar-refractivity contribution in [2.75, 3.05) is 23.5 Å². The highest BCUT2D eigenvalue weighted by Gasteiger charge is 2.20. The molecule has 2 heterocycles. The van der Waals surface area contributed by atoms with Gasteiger partial charge in [-0.3, -0.25) is 0 Å². The zero-order valence-electron chi connectivity index (χ0n) is 17.6. The monoisotopic (exact) mass is 410 g/mol. The average Bonchev–Trinajstić information content (AvgIpc) is 3.18. The normalized spacial score (nSPS) is 19.0. The molecule has 0 aliphatic heterocycles. The van der Waals surface area contributed by atoms with Crippen LogP contribution in [0.25, 0.3) is 11.2 Å². The van der Waals surface area contributed by atoms with Crippen molar-refractivity contribution >= 4 is 28.6 Å². The van der Waals surface area contributed by atoms with Gasteiger partial charge in [-0.15, -0.1) is 0 Å². The van der Waals surface area contributed by atoms with Crippen LogP contribution < -0.4 is 26.8 Å². The van der Waals surface area contributed by atoms with Gasteiger partial charge in [-0.1, -0.05) is 0 Å². The predicted molar refractivity (Wildman–Crippen MR) is 120 cm³/mol. The second kappa shape index (κ2) is 8.74. The second-order valence-corrected chi connectivity index (χ2v) is 7.77. The van der Waals surface area contributed by atoms with Gasteiger partial charge in [0.1, 0.15) is 5.75 Å². The summed E-state index contributed by atoms with van der Waals surface area (Å²) < 4.78 is 7.34. The summed E-state index contributed by atoms with van der Waals surface area (Å²) in [6, 6.07) is 6.26. The van der Waals surface area contributed by atoms with Gasteiger partial charge in [0.05, 0.1) is 13.4 Å². The van der Waals surface area contributed by atoms with E-state index in [4.69, 9.17) is 26.2 Å². The number of nitrogen functional groups attached to an aromatic ring is 1. The topological polar surface area (TPSA) is 129 Å². The molecule has 1 aromatic carbocycles. The van der Waals surface area contributed by atoms with Gasteiger partial charge >= 0.3 is 0 Å². The van der Waals surface area contributed by atoms with Crippen LogP contribution >= 0.6 is 0 Å². The van der Waals surface area contributed by atoms with E-state index in [2.05, 4.69) is 22.5 Å². The summed E-state index contributed by atoms with van der Waals surface area (Å²) in [6.07, 6.45) is 5.89. The number of aromatic nitrogens is 4. The maximum atomic E-state index is 6.14. The molecule has 0 bridgehead atoms. The van der Waals surface area contributed by atoms with E-state index in [1.165, 1.54) is 0 Å². The van der Waals surface area contributed by atoms with Crippen LogP contribution in [-0.2, 0) is 13.1 Å². The standard InChI is InChI=1S/C21H30N8O/c1-3-29-12-25-18-19(24-11-13-10-16(30-2)8-9-17(13)23)27-21(28-20(18)29)26-15-6-4-14(22)5-7-15/h8-10,12,14-15H,3-7,11,22-23H2,1-2H3,(H2,24,26,27,28). The number of ether oxygens (including phenoxy) is 1. The molecule has 0 spiro atoms. The number of fused-ring (bicyclic) bond motifs is 1. The number of benzene rings is 1. The minimum Gasteiger partial charge on any atom is -0.497 e. The summed E-state index contributed by atoms with van der Waals surface area (Å²) in [6.45, 7) is 3.36. The Morgan fingerprint density at radius 1 is 1.20 bits per heavy atom. The van der Waals surface area contributed by atoms with Crippen LogP contribution in [0.2, 0.25) is 0 Å². The molecule has 1 aliphatic rings. The molecule has 0 unspecified atom stereocenters. The van der Waals surface area contributed by atoms with E-state index >= 15 is 0 Å². The van der Waals surface area contributed by atoms with Crippen LogP contribution in [0.4, 0.5) is 17.5 Å². The highest BCUT2D eigenvalue weighted by atomic mass is 16.5. The van der Waals surface area contributed by atoms with Crippen molar-refractivity contribution in [1.82, 2.24) is 19.5 Å². The summed E-state index contributed by atoms with van der Waals surface area (Å²) in [4.78, 5) is 14.0. The summed E-state index contributed by atoms with van der Waals surface area (Å²) in [5, 5.41) is 6.90. The Kier molecular flexibility index (Phi) is 5.89. The molecule has 0 radical (unpaired) electrons. The van der Waals surface area contributed by atoms with E-state index in [0.717, 1.165) is 54.7 Å². The van der Waals surface area contributed by atoms with Crippen LogP contribution in [0.3, 0.4) is 0 Å². The Hall–Kier alpha value is -3.07. The summed E-state index contributed by atoms with van der Waals surface area (Å²) >= 11 is 0. The highest BCUT2D eigenvalue weighted by molar-refractivity contribution is 5.84. The molecule has 0 atom stereocenters. The van der Waals surface area contributed by atoms with Gasteiger partial charge in [-0.05, 0) is 56.4 Å². The molecule has 0 saturated heterocycles. The molecule has 1 fully saturated rings. The molecule has 1 aliphatic carbocycles. The zero-order valence-corrected chi connectivity index (χ0v) is 17.6. The first-order chi connectivity index (χ1) is 14.6. The fourth-order valence-corrected chi connectivity index (χ4v) is 3.85. The lowest BCUT2D eigenvalue weighted by Crippen LogP contribution is -2.33. The van der Waals surface area contributed by atoms with Crippen LogP contribution in [0.5, 0.6) is 5.75 Å². The number of nitrogens with two attached hydrogens (primary N) is 2. The third kappa shape index (κ3) is 4.25. The number of aryl methyl sites for hydroxylation is 1. The van der Waals surface area contributed by atoms with Crippen LogP contribution in [-0.4, -0.2) is 38.7 Å². The van der Waals surface area contributed by atoms with Gasteiger partial charge in [0, 0.05) is 30.9 Å². The number of nitrogens with zero attached hydrogens (tertiary/aromatic N) is 4. The smallest absolute Gasteiger partial charge is 0.227 e. The first-order valence-electron chi connectivity index (χ1n) is 10.5. The van der Waals surface area contributed by atoms with Gasteiger partial charge in [0.25, 0.3) is 0 Å². The lowest BCUT2D eigenvalue weighted by atomic mass is 9.92. The summed E-state index contributed by atoms with van der Waals surface area (Å²) in [5.74, 6) is 2.06. The van der Waals surface area contributed by atoms with E-state index < -0.39 is 0 Å². The first kappa shape index (κ1) is 20.2. The quantitative estimate of drug-likeness (QED) is 0.438. The first-order valence-corrected chi connectivity index (χ1v) is 10.5. The van der Waals surface area contributed by atoms with Crippen LogP contribution in [0.1, 0.15) is 38.2 Å². The zero-order chi connectivity index (χ0) is 21.1. The van der Waals surface area contributed by atoms with Crippen molar-refractivity contribution in [3.05, 3.63) is 30.1 Å². The number of rotatable bonds is 7. The minimum atomic E-state index is 0.304. The molecule has 160 valence electrons. The third-order valence-corrected chi connectivity index (χ3v) is 5.71. The number of nitrogens with one attached hydrogen (secondary N) is 2. The molecular weight excluding hydrogens is 380 g/mol. The predicted octanol–water partition coefficient (Wildman–Crippen LogP) is 2.73. The van der Waals surface area contributed by atoms with Crippen molar-refractivity contribution in [2.24, 2.45) is 5.73 Å². The maximum Gasteiger partial charge on any atom is 0.227 e.